The van der Waals surface area contributed by atoms with Gasteiger partial charge in [-0.2, -0.15) is 0 Å². The summed E-state index contributed by atoms with van der Waals surface area (Å²) in [5.41, 5.74) is 5.58. The van der Waals surface area contributed by atoms with E-state index in [1.54, 1.807) is 12.1 Å². The van der Waals surface area contributed by atoms with Crippen LogP contribution >= 0.6 is 0 Å². The molecule has 11 nitrogen and oxygen atoms in total. The molecule has 11 heteroatoms. The lowest BCUT2D eigenvalue weighted by Gasteiger charge is -2.61. The Bertz CT molecular complexity index is 1260. The Morgan fingerprint density at radius 3 is 2.61 bits per heavy atom. The Labute approximate surface area is 241 Å². The van der Waals surface area contributed by atoms with E-state index in [2.05, 4.69) is 10.2 Å². The number of rotatable bonds is 8. The molecule has 2 heterocycles. The average molecular weight is 574 g/mol. The number of likely N-dealkylation sites (N-methyl/N-ethyl adjacent to an activating group) is 1. The fourth-order valence-electron chi connectivity index (χ4n) is 6.96. The van der Waals surface area contributed by atoms with E-state index in [1.807, 2.05) is 27.0 Å². The van der Waals surface area contributed by atoms with Crippen molar-refractivity contribution < 1.29 is 38.8 Å². The highest BCUT2D eigenvalue weighted by Gasteiger charge is 2.72. The molecule has 1 spiro atoms. The molecule has 4 aliphatic rings. The summed E-state index contributed by atoms with van der Waals surface area (Å²) in [6, 6.07) is 1.51. The SMILES string of the molecule is C.CC(C)C[C@H](N)C(=O)N[C@@H](C)C(=O)O[C@@H](C)C(=O)OC1=CC[C@@]2(O)[C@H]3Cc4ccc(O)c5c4[C@@]2(CCN3C)[C@H]1O5. The normalized spacial score (nSPS) is 29.6. The van der Waals surface area contributed by atoms with Gasteiger partial charge in [-0.25, -0.2) is 9.59 Å². The number of aliphatic hydroxyl groups is 1. The van der Waals surface area contributed by atoms with Crippen molar-refractivity contribution in [1.82, 2.24) is 10.2 Å². The van der Waals surface area contributed by atoms with E-state index < -0.39 is 53.2 Å². The van der Waals surface area contributed by atoms with Crippen molar-refractivity contribution in [1.29, 1.82) is 0 Å². The number of likely N-dealkylation sites (tertiary alicyclic amines) is 1. The van der Waals surface area contributed by atoms with Crippen LogP contribution in [0.3, 0.4) is 0 Å². The molecule has 226 valence electrons. The van der Waals surface area contributed by atoms with E-state index >= 15 is 0 Å². The Morgan fingerprint density at radius 2 is 1.93 bits per heavy atom. The minimum Gasteiger partial charge on any atom is -0.504 e. The number of benzene rings is 1. The summed E-state index contributed by atoms with van der Waals surface area (Å²) < 4.78 is 17.3. The van der Waals surface area contributed by atoms with E-state index in [4.69, 9.17) is 19.9 Å². The Kier molecular flexibility index (Phi) is 8.20. The highest BCUT2D eigenvalue weighted by Crippen LogP contribution is 2.65. The largest absolute Gasteiger partial charge is 0.504 e. The topological polar surface area (TPSA) is 161 Å². The third kappa shape index (κ3) is 4.77. The Morgan fingerprint density at radius 1 is 1.22 bits per heavy atom. The van der Waals surface area contributed by atoms with Crippen LogP contribution < -0.4 is 15.8 Å². The van der Waals surface area contributed by atoms with Crippen LogP contribution in [-0.2, 0) is 35.7 Å². The first-order valence-corrected chi connectivity index (χ1v) is 13.9. The fraction of sp³-hybridized carbons (Fsp3) is 0.633. The maximum atomic E-state index is 13.1. The number of piperidine rings is 1. The summed E-state index contributed by atoms with van der Waals surface area (Å²) in [7, 11) is 1.99. The zero-order valence-electron chi connectivity index (χ0n) is 23.6. The van der Waals surface area contributed by atoms with E-state index in [9.17, 15) is 24.6 Å². The maximum absolute atomic E-state index is 13.1. The van der Waals surface area contributed by atoms with Crippen LogP contribution in [0, 0.1) is 5.92 Å². The minimum absolute atomic E-state index is 0. The van der Waals surface area contributed by atoms with Crippen LogP contribution in [0.5, 0.6) is 11.5 Å². The van der Waals surface area contributed by atoms with Gasteiger partial charge >= 0.3 is 11.9 Å². The highest BCUT2D eigenvalue weighted by atomic mass is 16.6. The van der Waals surface area contributed by atoms with E-state index in [0.29, 0.717) is 31.6 Å². The number of nitrogens with two attached hydrogens (primary N) is 1. The maximum Gasteiger partial charge on any atom is 0.352 e. The summed E-state index contributed by atoms with van der Waals surface area (Å²) in [6.45, 7) is 7.42. The molecular formula is C30H43N3O8. The molecule has 1 saturated heterocycles. The van der Waals surface area contributed by atoms with Gasteiger partial charge in [0.05, 0.1) is 17.1 Å². The Balaban J connectivity index is 0.00000387. The summed E-state index contributed by atoms with van der Waals surface area (Å²) in [5, 5.41) is 25.3. The van der Waals surface area contributed by atoms with Gasteiger partial charge in [0, 0.05) is 18.0 Å². The summed E-state index contributed by atoms with van der Waals surface area (Å²) in [6.07, 6.45) is 1.39. The Hall–Kier alpha value is -3.15. The van der Waals surface area contributed by atoms with Crippen LogP contribution in [0.4, 0.5) is 0 Å². The lowest BCUT2D eigenvalue weighted by molar-refractivity contribution is -0.176. The number of nitrogens with zero attached hydrogens (tertiary/aromatic N) is 1. The first-order chi connectivity index (χ1) is 18.8. The van der Waals surface area contributed by atoms with Gasteiger partial charge in [0.2, 0.25) is 5.91 Å². The predicted octanol–water partition coefficient (Wildman–Crippen LogP) is 1.66. The smallest absolute Gasteiger partial charge is 0.352 e. The third-order valence-corrected chi connectivity index (χ3v) is 8.97. The zero-order chi connectivity index (χ0) is 29.1. The molecule has 1 amide bonds. The van der Waals surface area contributed by atoms with Crippen LogP contribution in [-0.4, -0.2) is 82.5 Å². The first-order valence-electron chi connectivity index (χ1n) is 13.9. The molecule has 1 aromatic carbocycles. The molecule has 7 atom stereocenters. The molecule has 1 aromatic rings. The van der Waals surface area contributed by atoms with Gasteiger partial charge in [-0.1, -0.05) is 27.3 Å². The molecule has 2 aliphatic carbocycles. The van der Waals surface area contributed by atoms with Gasteiger partial charge in [-0.05, 0) is 70.3 Å². The van der Waals surface area contributed by atoms with Crippen molar-refractivity contribution in [3.05, 3.63) is 35.1 Å². The van der Waals surface area contributed by atoms with Crippen LogP contribution in [0.15, 0.2) is 24.0 Å². The van der Waals surface area contributed by atoms with Crippen LogP contribution in [0.25, 0.3) is 0 Å². The van der Waals surface area contributed by atoms with Crippen molar-refractivity contribution in [2.45, 2.75) is 102 Å². The molecule has 2 aliphatic heterocycles. The van der Waals surface area contributed by atoms with Gasteiger partial charge < -0.3 is 40.4 Å². The van der Waals surface area contributed by atoms with Crippen LogP contribution in [0.2, 0.25) is 0 Å². The molecule has 2 bridgehead atoms. The van der Waals surface area contributed by atoms with Crippen molar-refractivity contribution >= 4 is 17.8 Å². The zero-order valence-corrected chi connectivity index (χ0v) is 23.6. The quantitative estimate of drug-likeness (QED) is 0.337. The number of carbonyl (C=O) groups is 3. The number of ether oxygens (including phenoxy) is 3. The number of esters is 2. The highest BCUT2D eigenvalue weighted by molar-refractivity contribution is 5.88. The molecular weight excluding hydrogens is 530 g/mol. The molecule has 0 aromatic heterocycles. The average Bonchev–Trinajstić information content (AvgIpc) is 3.24. The molecule has 5 N–H and O–H groups in total. The number of phenols is 1. The van der Waals surface area contributed by atoms with Crippen molar-refractivity contribution in [3.63, 3.8) is 0 Å². The van der Waals surface area contributed by atoms with Gasteiger partial charge in [0.25, 0.3) is 0 Å². The molecule has 41 heavy (non-hydrogen) atoms. The van der Waals surface area contributed by atoms with E-state index in [0.717, 1.165) is 11.1 Å². The molecule has 1 fully saturated rings. The first kappa shape index (κ1) is 30.8. The second-order valence-electron chi connectivity index (χ2n) is 12.1. The minimum atomic E-state index is -1.28. The second-order valence-corrected chi connectivity index (χ2v) is 12.1. The molecule has 0 unspecified atom stereocenters. The van der Waals surface area contributed by atoms with E-state index in [-0.39, 0.29) is 37.3 Å². The van der Waals surface area contributed by atoms with Gasteiger partial charge in [0.1, 0.15) is 11.8 Å². The van der Waals surface area contributed by atoms with Crippen molar-refractivity contribution in [3.8, 4) is 11.5 Å². The predicted molar refractivity (Wildman–Crippen MR) is 150 cm³/mol. The van der Waals surface area contributed by atoms with Gasteiger partial charge in [0.15, 0.2) is 23.7 Å². The standard InChI is InChI=1S/C29H39N3O8.CH4/c1-14(2)12-18(30)25(34)31-15(3)26(35)38-16(4)27(36)39-20-8-9-29(37)21-13-17-6-7-19(33)23-22(17)28(29,24(20)40-23)10-11-32(21)5;/h6-8,14-16,18,21,24,33,37H,9-13,30H2,1-5H3,(H,31,34);1H4/t15-,16-,18-,21+,24-,28-,29+;/m0./s1. The number of nitrogens with one attached hydrogen (secondary N) is 1. The number of amides is 1. The van der Waals surface area contributed by atoms with Gasteiger partial charge in [-0.3, -0.25) is 4.79 Å². The van der Waals surface area contributed by atoms with Crippen molar-refractivity contribution in [2.75, 3.05) is 13.6 Å². The third-order valence-electron chi connectivity index (χ3n) is 8.97. The molecule has 5 rings (SSSR count). The molecule has 0 radical (unpaired) electrons. The fourth-order valence-corrected chi connectivity index (χ4v) is 6.96. The number of aromatic hydroxyl groups is 1. The number of phenolic OH excluding ortho intramolecular Hbond substituents is 1. The van der Waals surface area contributed by atoms with Gasteiger partial charge in [-0.15, -0.1) is 0 Å². The lowest BCUT2D eigenvalue weighted by Crippen LogP contribution is -2.74. The number of hydrogen-bond acceptors (Lipinski definition) is 10. The summed E-state index contributed by atoms with van der Waals surface area (Å²) in [4.78, 5) is 40.1. The van der Waals surface area contributed by atoms with Crippen molar-refractivity contribution in [2.24, 2.45) is 11.7 Å². The summed E-state index contributed by atoms with van der Waals surface area (Å²) in [5.74, 6) is -1.39. The lowest BCUT2D eigenvalue weighted by atomic mass is 9.50. The summed E-state index contributed by atoms with van der Waals surface area (Å²) >= 11 is 0. The monoisotopic (exact) mass is 573 g/mol. The molecule has 0 saturated carbocycles. The second kappa shape index (κ2) is 10.9. The number of carbonyl (C=O) groups excluding carboxylic acids is 3. The number of hydrogen-bond donors (Lipinski definition) is 4. The van der Waals surface area contributed by atoms with E-state index in [1.165, 1.54) is 13.8 Å². The van der Waals surface area contributed by atoms with Crippen LogP contribution in [0.1, 0.15) is 65.5 Å².